The lowest BCUT2D eigenvalue weighted by atomic mass is 10.3. The molecule has 0 aliphatic rings. The fourth-order valence-corrected chi connectivity index (χ4v) is 2.18. The van der Waals surface area contributed by atoms with Gasteiger partial charge in [-0.2, -0.15) is 18.3 Å². The number of amides is 1. The average Bonchev–Trinajstić information content (AvgIpc) is 2.82. The maximum Gasteiger partial charge on any atom is 0.435 e. The van der Waals surface area contributed by atoms with Crippen LogP contribution in [-0.2, 0) is 17.5 Å². The number of carbonyl (C=O) groups excluding carboxylic acids is 1. The van der Waals surface area contributed by atoms with Crippen molar-refractivity contribution in [2.24, 2.45) is 0 Å². The molecule has 0 saturated carbocycles. The Labute approximate surface area is 140 Å². The lowest BCUT2D eigenvalue weighted by Gasteiger charge is -2.07. The molecular weight excluding hydrogens is 354 g/mol. The number of carbonyl (C=O) groups is 1. The van der Waals surface area contributed by atoms with Crippen LogP contribution < -0.4 is 5.32 Å². The average molecular weight is 366 g/mol. The van der Waals surface area contributed by atoms with Crippen molar-refractivity contribution in [1.82, 2.24) is 9.78 Å². The molecule has 4 nitrogen and oxygen atoms in total. The molecule has 0 saturated heterocycles. The molecule has 1 amide bonds. The van der Waals surface area contributed by atoms with E-state index in [0.717, 1.165) is 10.7 Å². The molecule has 23 heavy (non-hydrogen) atoms. The Hall–Kier alpha value is -1.73. The Morgan fingerprint density at radius 1 is 1.26 bits per heavy atom. The largest absolute Gasteiger partial charge is 0.435 e. The Balaban J connectivity index is 1.96. The number of hydrogen-bond acceptors (Lipinski definition) is 2. The number of aryl methyl sites for hydroxylation is 2. The molecule has 0 aliphatic heterocycles. The first-order valence-electron chi connectivity index (χ1n) is 6.53. The predicted octanol–water partition coefficient (Wildman–Crippen LogP) is 4.55. The lowest BCUT2D eigenvalue weighted by molar-refractivity contribution is -0.141. The Morgan fingerprint density at radius 3 is 2.52 bits per heavy atom. The van der Waals surface area contributed by atoms with Crippen molar-refractivity contribution in [3.8, 4) is 0 Å². The summed E-state index contributed by atoms with van der Waals surface area (Å²) < 4.78 is 38.8. The summed E-state index contributed by atoms with van der Waals surface area (Å²) in [5.41, 5.74) is -0.183. The monoisotopic (exact) mass is 365 g/mol. The lowest BCUT2D eigenvalue weighted by Crippen LogP contribution is -2.16. The third kappa shape index (κ3) is 4.62. The van der Waals surface area contributed by atoms with Crippen molar-refractivity contribution in [1.29, 1.82) is 0 Å². The first-order chi connectivity index (χ1) is 10.7. The van der Waals surface area contributed by atoms with E-state index in [-0.39, 0.29) is 18.9 Å². The van der Waals surface area contributed by atoms with Gasteiger partial charge >= 0.3 is 6.18 Å². The van der Waals surface area contributed by atoms with Gasteiger partial charge in [0.25, 0.3) is 0 Å². The molecule has 0 fully saturated rings. The molecule has 124 valence electrons. The molecule has 9 heteroatoms. The summed E-state index contributed by atoms with van der Waals surface area (Å²) in [5, 5.41) is 6.70. The van der Waals surface area contributed by atoms with Gasteiger partial charge in [0, 0.05) is 24.3 Å². The van der Waals surface area contributed by atoms with Gasteiger partial charge in [-0.25, -0.2) is 0 Å². The van der Waals surface area contributed by atoms with Crippen LogP contribution in [0.25, 0.3) is 0 Å². The first-order valence-corrected chi connectivity index (χ1v) is 7.29. The van der Waals surface area contributed by atoms with Crippen molar-refractivity contribution in [3.05, 3.63) is 45.7 Å². The van der Waals surface area contributed by atoms with Gasteiger partial charge in [-0.3, -0.25) is 9.48 Å². The van der Waals surface area contributed by atoms with E-state index in [1.54, 1.807) is 6.07 Å². The second-order valence-electron chi connectivity index (χ2n) is 4.82. The SMILES string of the molecule is Cc1cc(C(F)(F)F)nn1CCC(=O)Nc1ccc(Cl)c(Cl)c1. The summed E-state index contributed by atoms with van der Waals surface area (Å²) in [6, 6.07) is 5.54. The maximum atomic E-state index is 12.6. The van der Waals surface area contributed by atoms with E-state index in [0.29, 0.717) is 21.4 Å². The van der Waals surface area contributed by atoms with Gasteiger partial charge in [-0.15, -0.1) is 0 Å². The van der Waals surface area contributed by atoms with Crippen LogP contribution in [0.2, 0.25) is 10.0 Å². The topological polar surface area (TPSA) is 46.9 Å². The fourth-order valence-electron chi connectivity index (χ4n) is 1.88. The van der Waals surface area contributed by atoms with Crippen molar-refractivity contribution >= 4 is 34.8 Å². The van der Waals surface area contributed by atoms with Crippen LogP contribution in [0.5, 0.6) is 0 Å². The second-order valence-corrected chi connectivity index (χ2v) is 5.63. The summed E-state index contributed by atoms with van der Waals surface area (Å²) in [7, 11) is 0. The van der Waals surface area contributed by atoms with E-state index in [4.69, 9.17) is 23.2 Å². The molecular formula is C14H12Cl2F3N3O. The van der Waals surface area contributed by atoms with Crippen LogP contribution in [0.1, 0.15) is 17.8 Å². The van der Waals surface area contributed by atoms with Crippen LogP contribution in [0, 0.1) is 6.92 Å². The second kappa shape index (κ2) is 6.80. The standard InChI is InChI=1S/C14H12Cl2F3N3O/c1-8-6-12(14(17,18)19)21-22(8)5-4-13(23)20-9-2-3-10(15)11(16)7-9/h2-3,6-7H,4-5H2,1H3,(H,20,23). The number of nitrogens with one attached hydrogen (secondary N) is 1. The predicted molar refractivity (Wildman–Crippen MR) is 81.7 cm³/mol. The number of halogens is 5. The van der Waals surface area contributed by atoms with E-state index in [9.17, 15) is 18.0 Å². The van der Waals surface area contributed by atoms with E-state index in [1.807, 2.05) is 0 Å². The van der Waals surface area contributed by atoms with Gasteiger partial charge in [0.2, 0.25) is 5.91 Å². The highest BCUT2D eigenvalue weighted by Crippen LogP contribution is 2.28. The number of anilines is 1. The third-order valence-electron chi connectivity index (χ3n) is 3.03. The number of alkyl halides is 3. The smallest absolute Gasteiger partial charge is 0.326 e. The van der Waals surface area contributed by atoms with Gasteiger partial charge in [0.1, 0.15) is 0 Å². The highest BCUT2D eigenvalue weighted by Gasteiger charge is 2.34. The molecule has 1 aromatic carbocycles. The number of rotatable bonds is 4. The zero-order chi connectivity index (χ0) is 17.2. The van der Waals surface area contributed by atoms with Crippen molar-refractivity contribution in [2.75, 3.05) is 5.32 Å². The molecule has 2 aromatic rings. The highest BCUT2D eigenvalue weighted by atomic mass is 35.5. The van der Waals surface area contributed by atoms with E-state index in [2.05, 4.69) is 10.4 Å². The van der Waals surface area contributed by atoms with E-state index >= 15 is 0 Å². The minimum atomic E-state index is -4.50. The first kappa shape index (κ1) is 17.6. The van der Waals surface area contributed by atoms with Gasteiger partial charge in [-0.1, -0.05) is 23.2 Å². The third-order valence-corrected chi connectivity index (χ3v) is 3.76. The quantitative estimate of drug-likeness (QED) is 0.863. The number of hydrogen-bond donors (Lipinski definition) is 1. The minimum Gasteiger partial charge on any atom is -0.326 e. The normalized spacial score (nSPS) is 11.6. The van der Waals surface area contributed by atoms with Gasteiger partial charge in [-0.05, 0) is 31.2 Å². The van der Waals surface area contributed by atoms with Gasteiger partial charge in [0.15, 0.2) is 5.69 Å². The zero-order valence-corrected chi connectivity index (χ0v) is 13.4. The Morgan fingerprint density at radius 2 is 1.96 bits per heavy atom. The van der Waals surface area contributed by atoms with Crippen LogP contribution in [-0.4, -0.2) is 15.7 Å². The fraction of sp³-hybridized carbons (Fsp3) is 0.286. The summed E-state index contributed by atoms with van der Waals surface area (Å²) in [4.78, 5) is 11.8. The van der Waals surface area contributed by atoms with Crippen LogP contribution in [0.3, 0.4) is 0 Å². The van der Waals surface area contributed by atoms with Crippen molar-refractivity contribution in [2.45, 2.75) is 26.1 Å². The summed E-state index contributed by atoms with van der Waals surface area (Å²) in [5.74, 6) is -0.369. The minimum absolute atomic E-state index is 0.0277. The molecule has 2 rings (SSSR count). The highest BCUT2D eigenvalue weighted by molar-refractivity contribution is 6.42. The van der Waals surface area contributed by atoms with E-state index in [1.165, 1.54) is 19.1 Å². The van der Waals surface area contributed by atoms with Gasteiger partial charge < -0.3 is 5.32 Å². The molecule has 0 atom stereocenters. The molecule has 0 aliphatic carbocycles. The molecule has 0 spiro atoms. The van der Waals surface area contributed by atoms with Crippen molar-refractivity contribution in [3.63, 3.8) is 0 Å². The number of benzene rings is 1. The molecule has 0 bridgehead atoms. The summed E-state index contributed by atoms with van der Waals surface area (Å²) in [6.07, 6.45) is -4.53. The maximum absolute atomic E-state index is 12.6. The molecule has 0 unspecified atom stereocenters. The molecule has 1 N–H and O–H groups in total. The molecule has 1 heterocycles. The van der Waals surface area contributed by atoms with Gasteiger partial charge in [0.05, 0.1) is 10.0 Å². The Kier molecular flexibility index (Phi) is 5.21. The van der Waals surface area contributed by atoms with Crippen LogP contribution in [0.4, 0.5) is 18.9 Å². The number of nitrogens with zero attached hydrogens (tertiary/aromatic N) is 2. The van der Waals surface area contributed by atoms with E-state index < -0.39 is 11.9 Å². The number of aromatic nitrogens is 2. The summed E-state index contributed by atoms with van der Waals surface area (Å²) >= 11 is 11.6. The van der Waals surface area contributed by atoms with Crippen LogP contribution in [0.15, 0.2) is 24.3 Å². The Bertz CT molecular complexity index is 729. The van der Waals surface area contributed by atoms with Crippen LogP contribution >= 0.6 is 23.2 Å². The zero-order valence-electron chi connectivity index (χ0n) is 11.9. The van der Waals surface area contributed by atoms with Crippen molar-refractivity contribution < 1.29 is 18.0 Å². The summed E-state index contributed by atoms with van der Waals surface area (Å²) in [6.45, 7) is 1.54. The molecule has 1 aromatic heterocycles. The molecule has 0 radical (unpaired) electrons.